The summed E-state index contributed by atoms with van der Waals surface area (Å²) in [5.41, 5.74) is 7.06. The Morgan fingerprint density at radius 3 is 2.62 bits per heavy atom. The fraction of sp³-hybridized carbons (Fsp3) is 0.0625. The molecule has 3 aromatic heterocycles. The van der Waals surface area contributed by atoms with Crippen LogP contribution in [0.3, 0.4) is 0 Å². The van der Waals surface area contributed by atoms with Crippen LogP contribution in [0.4, 0.5) is 23.1 Å². The normalized spacial score (nSPS) is 10.2. The molecule has 0 aliphatic rings. The number of rotatable bonds is 5. The predicted octanol–water partition coefficient (Wildman–Crippen LogP) is 2.16. The number of carbonyl (C=O) groups is 1. The molecule has 0 saturated heterocycles. The quantitative estimate of drug-likeness (QED) is 0.658. The second kappa shape index (κ2) is 6.69. The highest BCUT2D eigenvalue weighted by Crippen LogP contribution is 2.20. The minimum atomic E-state index is -0.545. The van der Waals surface area contributed by atoms with Crippen molar-refractivity contribution < 1.29 is 4.79 Å². The third-order valence-corrected chi connectivity index (χ3v) is 3.16. The van der Waals surface area contributed by atoms with Gasteiger partial charge in [0, 0.05) is 18.0 Å². The smallest absolute Gasteiger partial charge is 0.250 e. The molecule has 0 aliphatic heterocycles. The largest absolute Gasteiger partial charge is 0.366 e. The fourth-order valence-electron chi connectivity index (χ4n) is 2.08. The Bertz CT molecular complexity index is 882. The van der Waals surface area contributed by atoms with Crippen LogP contribution in [0.25, 0.3) is 0 Å². The lowest BCUT2D eigenvalue weighted by molar-refractivity contribution is 0.100. The molecule has 0 bridgehead atoms. The fourth-order valence-corrected chi connectivity index (χ4v) is 2.08. The van der Waals surface area contributed by atoms with E-state index in [4.69, 9.17) is 5.73 Å². The van der Waals surface area contributed by atoms with E-state index in [1.807, 2.05) is 25.1 Å². The Balaban J connectivity index is 1.82. The highest BCUT2D eigenvalue weighted by Gasteiger charge is 2.09. The van der Waals surface area contributed by atoms with Gasteiger partial charge in [0.05, 0.1) is 17.4 Å². The second-order valence-electron chi connectivity index (χ2n) is 4.99. The number of anilines is 4. The molecule has 0 spiro atoms. The molecule has 0 radical (unpaired) electrons. The van der Waals surface area contributed by atoms with Crippen LogP contribution in [0.15, 0.2) is 49.1 Å². The number of nitrogens with one attached hydrogen (secondary N) is 2. The minimum Gasteiger partial charge on any atom is -0.366 e. The third-order valence-electron chi connectivity index (χ3n) is 3.16. The van der Waals surface area contributed by atoms with Crippen molar-refractivity contribution in [1.82, 2.24) is 19.9 Å². The number of aryl methyl sites for hydroxylation is 1. The minimum absolute atomic E-state index is 0.332. The van der Waals surface area contributed by atoms with E-state index in [-0.39, 0.29) is 0 Å². The number of nitrogens with zero attached hydrogens (tertiary/aromatic N) is 4. The van der Waals surface area contributed by atoms with Crippen molar-refractivity contribution in [2.75, 3.05) is 10.6 Å². The van der Waals surface area contributed by atoms with Crippen LogP contribution < -0.4 is 16.4 Å². The number of nitrogens with two attached hydrogens (primary N) is 1. The lowest BCUT2D eigenvalue weighted by Gasteiger charge is -2.10. The van der Waals surface area contributed by atoms with Crippen molar-refractivity contribution in [3.63, 3.8) is 0 Å². The number of primary amides is 1. The molecule has 8 nitrogen and oxygen atoms in total. The molecule has 8 heteroatoms. The van der Waals surface area contributed by atoms with E-state index in [1.165, 1.54) is 18.7 Å². The zero-order valence-electron chi connectivity index (χ0n) is 12.9. The Kier molecular flexibility index (Phi) is 4.28. The van der Waals surface area contributed by atoms with Gasteiger partial charge in [-0.25, -0.2) is 15.0 Å². The van der Waals surface area contributed by atoms with E-state index < -0.39 is 5.91 Å². The average molecular weight is 321 g/mol. The third kappa shape index (κ3) is 3.61. The van der Waals surface area contributed by atoms with Gasteiger partial charge < -0.3 is 16.4 Å². The van der Waals surface area contributed by atoms with Gasteiger partial charge in [-0.2, -0.15) is 0 Å². The molecule has 1 amide bonds. The lowest BCUT2D eigenvalue weighted by atomic mass is 10.2. The maximum Gasteiger partial charge on any atom is 0.250 e. The standard InChI is InChI=1S/C16H15N7O/c1-10-3-2-4-13(21-10)23-15-7-14(19-9-20-15)22-12-8-18-6-5-11(12)16(17)24/h2-9H,1H3,(H2,17,24)(H2,19,20,21,22,23). The van der Waals surface area contributed by atoms with Crippen molar-refractivity contribution >= 4 is 29.0 Å². The molecular formula is C16H15N7O. The summed E-state index contributed by atoms with van der Waals surface area (Å²) >= 11 is 0. The van der Waals surface area contributed by atoms with Crippen molar-refractivity contribution in [3.05, 3.63) is 60.3 Å². The Morgan fingerprint density at radius 1 is 1.08 bits per heavy atom. The number of amides is 1. The Hall–Kier alpha value is -3.55. The Morgan fingerprint density at radius 2 is 1.88 bits per heavy atom. The van der Waals surface area contributed by atoms with Gasteiger partial charge in [0.2, 0.25) is 0 Å². The molecule has 4 N–H and O–H groups in total. The van der Waals surface area contributed by atoms with Crippen molar-refractivity contribution in [2.45, 2.75) is 6.92 Å². The van der Waals surface area contributed by atoms with Gasteiger partial charge in [-0.05, 0) is 25.1 Å². The second-order valence-corrected chi connectivity index (χ2v) is 4.99. The number of hydrogen-bond acceptors (Lipinski definition) is 7. The topological polar surface area (TPSA) is 119 Å². The molecule has 0 aromatic carbocycles. The summed E-state index contributed by atoms with van der Waals surface area (Å²) in [7, 11) is 0. The highest BCUT2D eigenvalue weighted by atomic mass is 16.1. The lowest BCUT2D eigenvalue weighted by Crippen LogP contribution is -2.13. The first-order valence-corrected chi connectivity index (χ1v) is 7.15. The van der Waals surface area contributed by atoms with E-state index in [2.05, 4.69) is 30.6 Å². The number of aromatic nitrogens is 4. The zero-order valence-corrected chi connectivity index (χ0v) is 12.9. The van der Waals surface area contributed by atoms with E-state index in [1.54, 1.807) is 12.1 Å². The highest BCUT2D eigenvalue weighted by molar-refractivity contribution is 5.98. The number of hydrogen-bond donors (Lipinski definition) is 3. The van der Waals surface area contributed by atoms with Gasteiger partial charge >= 0.3 is 0 Å². The molecule has 0 unspecified atom stereocenters. The van der Waals surface area contributed by atoms with E-state index in [0.717, 1.165) is 5.69 Å². The van der Waals surface area contributed by atoms with Gasteiger partial charge in [-0.3, -0.25) is 9.78 Å². The summed E-state index contributed by atoms with van der Waals surface area (Å²) in [6.07, 6.45) is 4.42. The molecule has 0 saturated carbocycles. The maximum atomic E-state index is 11.5. The Labute approximate surface area is 138 Å². The van der Waals surface area contributed by atoms with E-state index in [9.17, 15) is 4.79 Å². The first-order chi connectivity index (χ1) is 11.6. The van der Waals surface area contributed by atoms with Crippen molar-refractivity contribution in [1.29, 1.82) is 0 Å². The summed E-state index contributed by atoms with van der Waals surface area (Å²) in [5.74, 6) is 1.20. The summed E-state index contributed by atoms with van der Waals surface area (Å²) in [5, 5.41) is 6.12. The van der Waals surface area contributed by atoms with E-state index in [0.29, 0.717) is 28.7 Å². The van der Waals surface area contributed by atoms with E-state index >= 15 is 0 Å². The molecule has 120 valence electrons. The van der Waals surface area contributed by atoms with Crippen molar-refractivity contribution in [3.8, 4) is 0 Å². The summed E-state index contributed by atoms with van der Waals surface area (Å²) < 4.78 is 0. The van der Waals surface area contributed by atoms with Gasteiger partial charge in [-0.1, -0.05) is 6.07 Å². The molecule has 24 heavy (non-hydrogen) atoms. The first kappa shape index (κ1) is 15.3. The predicted molar refractivity (Wildman–Crippen MR) is 90.3 cm³/mol. The van der Waals surface area contributed by atoms with Gasteiger partial charge in [0.1, 0.15) is 23.8 Å². The van der Waals surface area contributed by atoms with Gasteiger partial charge in [0.25, 0.3) is 5.91 Å². The maximum absolute atomic E-state index is 11.5. The van der Waals surface area contributed by atoms with Crippen LogP contribution in [0.1, 0.15) is 16.1 Å². The van der Waals surface area contributed by atoms with Crippen LogP contribution in [0, 0.1) is 6.92 Å². The molecule has 0 aliphatic carbocycles. The van der Waals surface area contributed by atoms with Gasteiger partial charge in [-0.15, -0.1) is 0 Å². The van der Waals surface area contributed by atoms with Crippen LogP contribution in [0.5, 0.6) is 0 Å². The zero-order chi connectivity index (χ0) is 16.9. The summed E-state index contributed by atoms with van der Waals surface area (Å²) in [6, 6.07) is 8.89. The molecule has 3 rings (SSSR count). The molecule has 3 heterocycles. The van der Waals surface area contributed by atoms with Crippen LogP contribution in [0.2, 0.25) is 0 Å². The van der Waals surface area contributed by atoms with Crippen molar-refractivity contribution in [2.24, 2.45) is 5.73 Å². The molecular weight excluding hydrogens is 306 g/mol. The first-order valence-electron chi connectivity index (χ1n) is 7.15. The molecule has 0 fully saturated rings. The molecule has 0 atom stereocenters. The SMILES string of the molecule is Cc1cccc(Nc2cc(Nc3cnccc3C(N)=O)ncn2)n1. The van der Waals surface area contributed by atoms with Gasteiger partial charge in [0.15, 0.2) is 0 Å². The molecule has 3 aromatic rings. The summed E-state index contributed by atoms with van der Waals surface area (Å²) in [4.78, 5) is 28.1. The monoisotopic (exact) mass is 321 g/mol. The number of pyridine rings is 2. The van der Waals surface area contributed by atoms with Crippen LogP contribution in [-0.4, -0.2) is 25.8 Å². The number of carbonyl (C=O) groups excluding carboxylic acids is 1. The average Bonchev–Trinajstić information content (AvgIpc) is 2.55. The summed E-state index contributed by atoms with van der Waals surface area (Å²) in [6.45, 7) is 1.91. The van der Waals surface area contributed by atoms with Crippen LogP contribution in [-0.2, 0) is 0 Å². The van der Waals surface area contributed by atoms with Crippen LogP contribution >= 0.6 is 0 Å².